The van der Waals surface area contributed by atoms with Crippen molar-refractivity contribution < 1.29 is 14.3 Å². The molecule has 3 nitrogen and oxygen atoms in total. The number of carbonyl (C=O) groups excluding carboxylic acids is 1. The van der Waals surface area contributed by atoms with Crippen molar-refractivity contribution >= 4 is 27.3 Å². The van der Waals surface area contributed by atoms with E-state index in [1.165, 1.54) is 0 Å². The number of aldehydes is 1. The van der Waals surface area contributed by atoms with Crippen LogP contribution in [0, 0.1) is 0 Å². The van der Waals surface area contributed by atoms with Gasteiger partial charge in [0, 0.05) is 29.0 Å². The zero-order valence-corrected chi connectivity index (χ0v) is 16.5. The number of carbonyl (C=O) groups is 1. The fourth-order valence-corrected chi connectivity index (χ4v) is 3.83. The van der Waals surface area contributed by atoms with Crippen LogP contribution in [0.25, 0.3) is 10.8 Å². The predicted molar refractivity (Wildman–Crippen MR) is 102 cm³/mol. The summed E-state index contributed by atoms with van der Waals surface area (Å²) in [6, 6.07) is 20.0. The molecule has 0 aliphatic rings. The Bertz CT molecular complexity index is 675. The van der Waals surface area contributed by atoms with Crippen molar-refractivity contribution in [2.45, 2.75) is 19.6 Å². The first-order valence-corrected chi connectivity index (χ1v) is 9.25. The molecule has 0 heterocycles. The van der Waals surface area contributed by atoms with Gasteiger partial charge in [-0.25, -0.2) is 0 Å². The molecule has 0 radical (unpaired) electrons. The lowest BCUT2D eigenvalue weighted by Gasteiger charge is -2.32. The zero-order valence-electron chi connectivity index (χ0n) is 14.5. The van der Waals surface area contributed by atoms with Crippen LogP contribution >= 0.6 is 0 Å². The molecule has 0 amide bonds. The first-order chi connectivity index (χ1) is 11.7. The molecule has 0 N–H and O–H groups in total. The molecule has 0 saturated heterocycles. The van der Waals surface area contributed by atoms with Gasteiger partial charge in [-0.05, 0) is 25.0 Å². The second kappa shape index (κ2) is 8.73. The fraction of sp³-hybridized carbons (Fsp3) is 0.250. The van der Waals surface area contributed by atoms with Gasteiger partial charge in [-0.3, -0.25) is 4.79 Å². The summed E-state index contributed by atoms with van der Waals surface area (Å²) in [5.74, 6) is -1.38. The summed E-state index contributed by atoms with van der Waals surface area (Å²) in [5, 5.41) is 1.09. The smallest absolute Gasteiger partial charge is 0.253 e. The third-order valence-electron chi connectivity index (χ3n) is 3.87. The van der Waals surface area contributed by atoms with Gasteiger partial charge in [0.25, 0.3) is 5.79 Å². The van der Waals surface area contributed by atoms with E-state index in [4.69, 9.17) is 9.47 Å². The molecule has 0 aliphatic carbocycles. The predicted octanol–water partition coefficient (Wildman–Crippen LogP) is 2.89. The second-order valence-electron chi connectivity index (χ2n) is 5.38. The minimum Gasteiger partial charge on any atom is -0.340 e. The Morgan fingerprint density at radius 3 is 1.79 bits per heavy atom. The maximum absolute atomic E-state index is 12.1. The van der Waals surface area contributed by atoms with E-state index in [0.717, 1.165) is 38.4 Å². The van der Waals surface area contributed by atoms with Gasteiger partial charge >= 0.3 is 0 Å². The average Bonchev–Trinajstić information content (AvgIpc) is 2.63. The monoisotopic (exact) mass is 340 g/mol. The number of ether oxygens (including phenoxy) is 2. The van der Waals surface area contributed by atoms with E-state index in [1.807, 2.05) is 62.4 Å². The van der Waals surface area contributed by atoms with Crippen molar-refractivity contribution in [1.82, 2.24) is 0 Å². The van der Waals surface area contributed by atoms with E-state index < -0.39 is 5.79 Å². The second-order valence-corrected chi connectivity index (χ2v) is 6.38. The van der Waals surface area contributed by atoms with Gasteiger partial charge in [-0.15, -0.1) is 0 Å². The summed E-state index contributed by atoms with van der Waals surface area (Å²) in [5.41, 5.74) is 2.84. The van der Waals surface area contributed by atoms with Crippen molar-refractivity contribution in [2.24, 2.45) is 0 Å². The van der Waals surface area contributed by atoms with Crippen LogP contribution in [0.15, 0.2) is 60.7 Å². The van der Waals surface area contributed by atoms with Crippen molar-refractivity contribution in [1.29, 1.82) is 0 Å². The molecule has 2 aromatic rings. The highest BCUT2D eigenvalue weighted by molar-refractivity contribution is 6.47. The maximum Gasteiger partial charge on any atom is 0.253 e. The van der Waals surface area contributed by atoms with Crippen LogP contribution in [-0.2, 0) is 14.3 Å². The Kier molecular flexibility index (Phi) is 6.67. The van der Waals surface area contributed by atoms with E-state index in [9.17, 15) is 4.79 Å². The summed E-state index contributed by atoms with van der Waals surface area (Å²) in [6.07, 6.45) is 0.781. The molecule has 2 aromatic carbocycles. The highest BCUT2D eigenvalue weighted by Gasteiger charge is 2.38. The Morgan fingerprint density at radius 2 is 1.38 bits per heavy atom. The SMILES string of the molecule is CCOC(C=O)(OCC)C(=C([SiH3])c1ccccc1)c1ccccc1. The van der Waals surface area contributed by atoms with Gasteiger partial charge in [0.2, 0.25) is 0 Å². The van der Waals surface area contributed by atoms with E-state index in [0.29, 0.717) is 13.2 Å². The molecule has 0 bridgehead atoms. The van der Waals surface area contributed by atoms with Crippen molar-refractivity contribution in [2.75, 3.05) is 13.2 Å². The summed E-state index contributed by atoms with van der Waals surface area (Å²) >= 11 is 0. The van der Waals surface area contributed by atoms with Crippen LogP contribution in [0.1, 0.15) is 25.0 Å². The molecule has 0 aromatic heterocycles. The van der Waals surface area contributed by atoms with E-state index in [-0.39, 0.29) is 0 Å². The van der Waals surface area contributed by atoms with Crippen LogP contribution in [0.2, 0.25) is 0 Å². The molecule has 24 heavy (non-hydrogen) atoms. The van der Waals surface area contributed by atoms with Gasteiger partial charge in [-0.1, -0.05) is 65.9 Å². The molecule has 0 aliphatic heterocycles. The summed E-state index contributed by atoms with van der Waals surface area (Å²) in [6.45, 7) is 4.52. The highest BCUT2D eigenvalue weighted by atomic mass is 28.1. The largest absolute Gasteiger partial charge is 0.340 e. The Balaban J connectivity index is 2.73. The van der Waals surface area contributed by atoms with Gasteiger partial charge in [-0.2, -0.15) is 0 Å². The zero-order chi connectivity index (χ0) is 17.4. The normalized spacial score (nSPS) is 12.8. The Labute approximate surface area is 146 Å². The summed E-state index contributed by atoms with van der Waals surface area (Å²) in [4.78, 5) is 12.1. The molecule has 0 atom stereocenters. The minimum absolute atomic E-state index is 0.388. The molecule has 126 valence electrons. The van der Waals surface area contributed by atoms with E-state index in [1.54, 1.807) is 0 Å². The minimum atomic E-state index is -1.38. The van der Waals surface area contributed by atoms with Gasteiger partial charge in [0.1, 0.15) is 0 Å². The fourth-order valence-electron chi connectivity index (χ4n) is 2.86. The maximum atomic E-state index is 12.1. The molecule has 4 heteroatoms. The standard InChI is InChI=1S/C20H24O3Si/c1-3-22-20(15-21,23-4-2)18(16-11-7-5-8-12-16)19(24)17-13-9-6-10-14-17/h5-15H,3-4H2,1-2,24H3. The van der Waals surface area contributed by atoms with Crippen LogP contribution in [0.4, 0.5) is 0 Å². The lowest BCUT2D eigenvalue weighted by Crippen LogP contribution is -2.40. The molecule has 0 unspecified atom stereocenters. The number of rotatable bonds is 8. The van der Waals surface area contributed by atoms with Gasteiger partial charge < -0.3 is 9.47 Å². The lowest BCUT2D eigenvalue weighted by molar-refractivity contribution is -0.185. The lowest BCUT2D eigenvalue weighted by atomic mass is 9.95. The quantitative estimate of drug-likeness (QED) is 0.321. The molecule has 0 fully saturated rings. The van der Waals surface area contributed by atoms with Gasteiger partial charge in [0.15, 0.2) is 6.29 Å². The topological polar surface area (TPSA) is 35.5 Å². The average molecular weight is 340 g/mol. The number of hydrogen-bond donors (Lipinski definition) is 0. The van der Waals surface area contributed by atoms with E-state index in [2.05, 4.69) is 12.1 Å². The van der Waals surface area contributed by atoms with E-state index >= 15 is 0 Å². The van der Waals surface area contributed by atoms with Crippen LogP contribution in [-0.4, -0.2) is 35.5 Å². The molecule has 2 rings (SSSR count). The van der Waals surface area contributed by atoms with Crippen molar-refractivity contribution in [3.63, 3.8) is 0 Å². The van der Waals surface area contributed by atoms with Crippen molar-refractivity contribution in [3.8, 4) is 0 Å². The van der Waals surface area contributed by atoms with Crippen LogP contribution in [0.3, 0.4) is 0 Å². The first kappa shape index (κ1) is 18.3. The number of benzene rings is 2. The Morgan fingerprint density at radius 1 is 0.917 bits per heavy atom. The summed E-state index contributed by atoms with van der Waals surface area (Å²) < 4.78 is 11.7. The number of hydrogen-bond acceptors (Lipinski definition) is 3. The van der Waals surface area contributed by atoms with Crippen molar-refractivity contribution in [3.05, 3.63) is 71.8 Å². The Hall–Kier alpha value is -2.01. The van der Waals surface area contributed by atoms with Crippen LogP contribution < -0.4 is 0 Å². The molecular weight excluding hydrogens is 316 g/mol. The molecular formula is C20H24O3Si. The molecule has 0 saturated carbocycles. The van der Waals surface area contributed by atoms with Crippen LogP contribution in [0.5, 0.6) is 0 Å². The van der Waals surface area contributed by atoms with Gasteiger partial charge in [0.05, 0.1) is 0 Å². The first-order valence-electron chi connectivity index (χ1n) is 8.25. The summed E-state index contributed by atoms with van der Waals surface area (Å²) in [7, 11) is 0.755. The third kappa shape index (κ3) is 3.90. The molecule has 0 spiro atoms. The third-order valence-corrected chi connectivity index (χ3v) is 4.94. The highest BCUT2D eigenvalue weighted by Crippen LogP contribution is 2.36.